The number of allylic oxidation sites excluding steroid dienone is 1. The van der Waals surface area contributed by atoms with Crippen LogP contribution in [0.25, 0.3) is 0 Å². The van der Waals surface area contributed by atoms with Gasteiger partial charge in [-0.2, -0.15) is 5.48 Å². The van der Waals surface area contributed by atoms with Gasteiger partial charge in [0.15, 0.2) is 0 Å². The molecule has 0 fully saturated rings. The molecule has 2 N–H and O–H groups in total. The largest absolute Gasteiger partial charge is 0.316 e. The molecule has 0 spiro atoms. The summed E-state index contributed by atoms with van der Waals surface area (Å²) in [6.07, 6.45) is 8.86. The third-order valence-corrected chi connectivity index (χ3v) is 1.67. The molecule has 1 unspecified atom stereocenters. The number of hydroxylamine groups is 1. The first-order chi connectivity index (χ1) is 4.43. The summed E-state index contributed by atoms with van der Waals surface area (Å²) < 4.78 is 0. The molecule has 0 aliphatic heterocycles. The molecule has 0 saturated heterocycles. The lowest BCUT2D eigenvalue weighted by molar-refractivity contribution is 0.139. The smallest absolute Gasteiger partial charge is 0.0499 e. The van der Waals surface area contributed by atoms with Gasteiger partial charge in [0.1, 0.15) is 0 Å². The van der Waals surface area contributed by atoms with Crippen molar-refractivity contribution in [2.24, 2.45) is 0 Å². The van der Waals surface area contributed by atoms with Gasteiger partial charge in [0.25, 0.3) is 0 Å². The Labute approximate surface area is 55.5 Å². The third-order valence-electron chi connectivity index (χ3n) is 1.67. The van der Waals surface area contributed by atoms with E-state index in [4.69, 9.17) is 5.21 Å². The van der Waals surface area contributed by atoms with Gasteiger partial charge in [0.05, 0.1) is 0 Å². The summed E-state index contributed by atoms with van der Waals surface area (Å²) in [6, 6.07) is 0.201. The molecule has 0 aromatic carbocycles. The molecule has 52 valence electrons. The van der Waals surface area contributed by atoms with Gasteiger partial charge in [-0.1, -0.05) is 18.6 Å². The standard InChI is InChI=1S/C7H13NO/c9-8-7-5-3-1-2-4-6-7/h3,5,7-9H,1-2,4,6H2. The zero-order valence-corrected chi connectivity index (χ0v) is 5.51. The second-order valence-electron chi connectivity index (χ2n) is 2.45. The highest BCUT2D eigenvalue weighted by molar-refractivity contribution is 4.93. The van der Waals surface area contributed by atoms with Crippen molar-refractivity contribution in [3.8, 4) is 0 Å². The Morgan fingerprint density at radius 3 is 3.11 bits per heavy atom. The minimum absolute atomic E-state index is 0.201. The molecule has 1 atom stereocenters. The molecule has 2 nitrogen and oxygen atoms in total. The molecule has 0 aromatic rings. The molecular weight excluding hydrogens is 114 g/mol. The predicted molar refractivity (Wildman–Crippen MR) is 36.3 cm³/mol. The van der Waals surface area contributed by atoms with E-state index in [-0.39, 0.29) is 6.04 Å². The minimum Gasteiger partial charge on any atom is -0.316 e. The van der Waals surface area contributed by atoms with Crippen molar-refractivity contribution in [3.63, 3.8) is 0 Å². The molecule has 0 radical (unpaired) electrons. The first kappa shape index (κ1) is 6.78. The fraction of sp³-hybridized carbons (Fsp3) is 0.714. The third kappa shape index (κ3) is 2.16. The number of hydrogen-bond donors (Lipinski definition) is 2. The predicted octanol–water partition coefficient (Wildman–Crippen LogP) is 1.46. The van der Waals surface area contributed by atoms with E-state index >= 15 is 0 Å². The summed E-state index contributed by atoms with van der Waals surface area (Å²) in [5.41, 5.74) is 2.26. The van der Waals surface area contributed by atoms with E-state index in [0.29, 0.717) is 0 Å². The van der Waals surface area contributed by atoms with E-state index in [2.05, 4.69) is 11.6 Å². The number of nitrogens with one attached hydrogen (secondary N) is 1. The lowest BCUT2D eigenvalue weighted by Crippen LogP contribution is -2.22. The van der Waals surface area contributed by atoms with E-state index in [9.17, 15) is 0 Å². The maximum Gasteiger partial charge on any atom is 0.0499 e. The fourth-order valence-electron chi connectivity index (χ4n) is 1.09. The number of hydrogen-bond acceptors (Lipinski definition) is 2. The maximum atomic E-state index is 8.51. The summed E-state index contributed by atoms with van der Waals surface area (Å²) >= 11 is 0. The zero-order valence-electron chi connectivity index (χ0n) is 5.51. The van der Waals surface area contributed by atoms with E-state index in [0.717, 1.165) is 12.8 Å². The molecule has 0 amide bonds. The average molecular weight is 127 g/mol. The molecule has 0 aromatic heterocycles. The van der Waals surface area contributed by atoms with Crippen LogP contribution in [0.1, 0.15) is 25.7 Å². The van der Waals surface area contributed by atoms with Crippen molar-refractivity contribution in [1.82, 2.24) is 5.48 Å². The highest BCUT2D eigenvalue weighted by atomic mass is 16.5. The molecule has 0 saturated carbocycles. The van der Waals surface area contributed by atoms with Crippen molar-refractivity contribution in [2.75, 3.05) is 0 Å². The van der Waals surface area contributed by atoms with Crippen molar-refractivity contribution >= 4 is 0 Å². The normalized spacial score (nSPS) is 27.9. The van der Waals surface area contributed by atoms with Gasteiger partial charge in [-0.15, -0.1) is 0 Å². The van der Waals surface area contributed by atoms with Crippen molar-refractivity contribution in [1.29, 1.82) is 0 Å². The average Bonchev–Trinajstić information content (AvgIpc) is 2.13. The van der Waals surface area contributed by atoms with E-state index in [1.807, 2.05) is 6.08 Å². The Kier molecular flexibility index (Phi) is 2.74. The fourth-order valence-corrected chi connectivity index (χ4v) is 1.09. The lowest BCUT2D eigenvalue weighted by Gasteiger charge is -2.05. The Morgan fingerprint density at radius 1 is 1.44 bits per heavy atom. The molecular formula is C7H13NO. The van der Waals surface area contributed by atoms with Gasteiger partial charge in [-0.3, -0.25) is 0 Å². The second kappa shape index (κ2) is 3.64. The van der Waals surface area contributed by atoms with Crippen LogP contribution in [0.3, 0.4) is 0 Å². The van der Waals surface area contributed by atoms with Crippen LogP contribution >= 0.6 is 0 Å². The Hall–Kier alpha value is -0.340. The van der Waals surface area contributed by atoms with Gasteiger partial charge in [-0.25, -0.2) is 0 Å². The van der Waals surface area contributed by atoms with Crippen LogP contribution in [0.5, 0.6) is 0 Å². The molecule has 2 heteroatoms. The SMILES string of the molecule is ONC1C=CCCCC1. The van der Waals surface area contributed by atoms with Crippen molar-refractivity contribution in [2.45, 2.75) is 31.7 Å². The molecule has 1 aliphatic rings. The molecule has 0 heterocycles. The molecule has 1 rings (SSSR count). The Bertz CT molecular complexity index is 101. The van der Waals surface area contributed by atoms with Crippen LogP contribution in [0.4, 0.5) is 0 Å². The lowest BCUT2D eigenvalue weighted by atomic mass is 10.2. The van der Waals surface area contributed by atoms with Crippen molar-refractivity contribution < 1.29 is 5.21 Å². The van der Waals surface area contributed by atoms with Gasteiger partial charge in [-0.05, 0) is 19.3 Å². The topological polar surface area (TPSA) is 32.3 Å². The van der Waals surface area contributed by atoms with E-state index < -0.39 is 0 Å². The summed E-state index contributed by atoms with van der Waals surface area (Å²) in [4.78, 5) is 0. The summed E-state index contributed by atoms with van der Waals surface area (Å²) in [7, 11) is 0. The van der Waals surface area contributed by atoms with Crippen LogP contribution < -0.4 is 5.48 Å². The van der Waals surface area contributed by atoms with E-state index in [1.165, 1.54) is 12.8 Å². The van der Waals surface area contributed by atoms with Crippen LogP contribution in [0.2, 0.25) is 0 Å². The monoisotopic (exact) mass is 127 g/mol. The van der Waals surface area contributed by atoms with Crippen LogP contribution in [-0.4, -0.2) is 11.2 Å². The second-order valence-corrected chi connectivity index (χ2v) is 2.45. The zero-order chi connectivity index (χ0) is 6.53. The van der Waals surface area contributed by atoms with Crippen LogP contribution in [-0.2, 0) is 0 Å². The minimum atomic E-state index is 0.201. The van der Waals surface area contributed by atoms with Crippen LogP contribution in [0.15, 0.2) is 12.2 Å². The van der Waals surface area contributed by atoms with Gasteiger partial charge in [0.2, 0.25) is 0 Å². The molecule has 1 aliphatic carbocycles. The first-order valence-corrected chi connectivity index (χ1v) is 3.50. The molecule has 9 heavy (non-hydrogen) atoms. The van der Waals surface area contributed by atoms with Gasteiger partial charge >= 0.3 is 0 Å². The summed E-state index contributed by atoms with van der Waals surface area (Å²) in [5.74, 6) is 0. The van der Waals surface area contributed by atoms with Gasteiger partial charge < -0.3 is 5.21 Å². The maximum absolute atomic E-state index is 8.51. The van der Waals surface area contributed by atoms with Gasteiger partial charge in [0, 0.05) is 6.04 Å². The van der Waals surface area contributed by atoms with Crippen molar-refractivity contribution in [3.05, 3.63) is 12.2 Å². The highest BCUT2D eigenvalue weighted by Crippen LogP contribution is 2.09. The number of rotatable bonds is 1. The Balaban J connectivity index is 2.33. The Morgan fingerprint density at radius 2 is 2.33 bits per heavy atom. The van der Waals surface area contributed by atoms with E-state index in [1.54, 1.807) is 0 Å². The first-order valence-electron chi connectivity index (χ1n) is 3.50. The quantitative estimate of drug-likeness (QED) is 0.413. The highest BCUT2D eigenvalue weighted by Gasteiger charge is 2.03. The molecule has 0 bridgehead atoms. The summed E-state index contributed by atoms with van der Waals surface area (Å²) in [5, 5.41) is 8.51. The summed E-state index contributed by atoms with van der Waals surface area (Å²) in [6.45, 7) is 0. The van der Waals surface area contributed by atoms with Crippen LogP contribution in [0, 0.1) is 0 Å².